The van der Waals surface area contributed by atoms with E-state index in [-0.39, 0.29) is 5.91 Å². The van der Waals surface area contributed by atoms with Crippen LogP contribution in [0.1, 0.15) is 11.1 Å². The fourth-order valence-corrected chi connectivity index (χ4v) is 2.64. The van der Waals surface area contributed by atoms with Gasteiger partial charge >= 0.3 is 0 Å². The molecule has 1 heterocycles. The monoisotopic (exact) mass is 367 g/mol. The zero-order valence-corrected chi connectivity index (χ0v) is 14.9. The van der Waals surface area contributed by atoms with Crippen LogP contribution in [-0.4, -0.2) is 23.2 Å². The van der Waals surface area contributed by atoms with E-state index in [0.29, 0.717) is 23.2 Å². The number of hydrogen-bond donors (Lipinski definition) is 1. The highest BCUT2D eigenvalue weighted by Gasteiger charge is 2.06. The summed E-state index contributed by atoms with van der Waals surface area (Å²) in [5.74, 6) is 0.976. The number of carbonyl (C=O) groups excluding carboxylic acids is 1. The number of hydrogen-bond acceptors (Lipinski definition) is 6. The molecule has 3 rings (SSSR count). The van der Waals surface area contributed by atoms with E-state index in [0.717, 1.165) is 11.1 Å². The molecule has 1 N–H and O–H groups in total. The maximum absolute atomic E-state index is 11.8. The lowest BCUT2D eigenvalue weighted by Gasteiger charge is -2.11. The molecule has 1 aromatic heterocycles. The van der Waals surface area contributed by atoms with Gasteiger partial charge in [-0.25, -0.2) is 0 Å². The fourth-order valence-electron chi connectivity index (χ4n) is 2.19. The maximum Gasteiger partial charge on any atom is 0.250 e. The molecule has 0 aliphatic rings. The van der Waals surface area contributed by atoms with Gasteiger partial charge in [-0.05, 0) is 29.3 Å². The number of carbonyl (C=O) groups is 1. The maximum atomic E-state index is 11.8. The van der Waals surface area contributed by atoms with Crippen molar-refractivity contribution in [3.63, 3.8) is 0 Å². The third-order valence-corrected chi connectivity index (χ3v) is 4.05. The third-order valence-electron chi connectivity index (χ3n) is 3.44. The van der Waals surface area contributed by atoms with Crippen LogP contribution in [0, 0.1) is 0 Å². The first-order chi connectivity index (χ1) is 12.7. The number of ether oxygens (including phenoxy) is 2. The van der Waals surface area contributed by atoms with Crippen molar-refractivity contribution in [2.45, 2.75) is 6.61 Å². The minimum atomic E-state index is -0.273. The molecule has 0 bridgehead atoms. The lowest BCUT2D eigenvalue weighted by atomic mass is 10.2. The Morgan fingerprint density at radius 1 is 1.19 bits per heavy atom. The molecule has 0 saturated carbocycles. The molecule has 26 heavy (non-hydrogen) atoms. The highest BCUT2D eigenvalue weighted by molar-refractivity contribution is 7.13. The highest BCUT2D eigenvalue weighted by Crippen LogP contribution is 2.29. The average Bonchev–Trinajstić information content (AvgIpc) is 3.18. The molecule has 0 saturated heterocycles. The second-order valence-corrected chi connectivity index (χ2v) is 6.08. The molecule has 1 amide bonds. The Hall–Kier alpha value is -3.19. The summed E-state index contributed by atoms with van der Waals surface area (Å²) < 4.78 is 11.2. The van der Waals surface area contributed by atoms with Crippen LogP contribution in [0.5, 0.6) is 11.5 Å². The topological polar surface area (TPSA) is 73.3 Å². The highest BCUT2D eigenvalue weighted by atomic mass is 32.1. The molecule has 0 fully saturated rings. The number of amides is 1. The van der Waals surface area contributed by atoms with Gasteiger partial charge < -0.3 is 9.47 Å². The van der Waals surface area contributed by atoms with Gasteiger partial charge in [-0.1, -0.05) is 47.7 Å². The van der Waals surface area contributed by atoms with Crippen molar-refractivity contribution >= 4 is 28.5 Å². The number of nitrogens with zero attached hydrogens (tertiary/aromatic N) is 2. The number of benzene rings is 2. The van der Waals surface area contributed by atoms with Crippen molar-refractivity contribution < 1.29 is 14.3 Å². The summed E-state index contributed by atoms with van der Waals surface area (Å²) in [6.45, 7) is 0.455. The quantitative estimate of drug-likeness (QED) is 0.644. The van der Waals surface area contributed by atoms with Gasteiger partial charge in [0.2, 0.25) is 11.0 Å². The number of nitrogens with one attached hydrogen (secondary N) is 1. The van der Waals surface area contributed by atoms with Gasteiger partial charge in [0.1, 0.15) is 12.1 Å². The van der Waals surface area contributed by atoms with Crippen LogP contribution < -0.4 is 14.8 Å². The van der Waals surface area contributed by atoms with Gasteiger partial charge in [0.15, 0.2) is 11.5 Å². The van der Waals surface area contributed by atoms with Crippen LogP contribution in [0.4, 0.5) is 5.13 Å². The molecule has 7 heteroatoms. The zero-order chi connectivity index (χ0) is 18.2. The number of aromatic nitrogens is 2. The molecular formula is C19H17N3O3S. The molecule has 6 nitrogen and oxygen atoms in total. The SMILES string of the molecule is COc1cc(/C=C/C(=O)Nc2nncs2)ccc1OCc1ccccc1. The molecule has 3 aromatic rings. The minimum absolute atomic E-state index is 0.273. The predicted molar refractivity (Wildman–Crippen MR) is 101 cm³/mol. The van der Waals surface area contributed by atoms with Crippen LogP contribution in [-0.2, 0) is 11.4 Å². The van der Waals surface area contributed by atoms with E-state index in [1.54, 1.807) is 18.7 Å². The Bertz CT molecular complexity index is 880. The molecule has 132 valence electrons. The van der Waals surface area contributed by atoms with E-state index in [9.17, 15) is 4.79 Å². The first-order valence-electron chi connectivity index (χ1n) is 7.84. The standard InChI is InChI=1S/C19H17N3O3S/c1-24-17-11-14(8-10-18(23)21-19-22-20-13-26-19)7-9-16(17)25-12-15-5-3-2-4-6-15/h2-11,13H,12H2,1H3,(H,21,22,23)/b10-8+. The van der Waals surface area contributed by atoms with E-state index in [1.165, 1.54) is 17.4 Å². The molecular weight excluding hydrogens is 350 g/mol. The van der Waals surface area contributed by atoms with E-state index < -0.39 is 0 Å². The van der Waals surface area contributed by atoms with E-state index in [2.05, 4.69) is 15.5 Å². The largest absolute Gasteiger partial charge is 0.493 e. The van der Waals surface area contributed by atoms with Crippen molar-refractivity contribution in [3.8, 4) is 11.5 Å². The summed E-state index contributed by atoms with van der Waals surface area (Å²) in [5, 5.41) is 10.5. The predicted octanol–water partition coefficient (Wildman–Crippen LogP) is 3.78. The smallest absolute Gasteiger partial charge is 0.250 e. The lowest BCUT2D eigenvalue weighted by Crippen LogP contribution is -2.07. The minimum Gasteiger partial charge on any atom is -0.493 e. The van der Waals surface area contributed by atoms with Gasteiger partial charge in [0.05, 0.1) is 7.11 Å². The number of methoxy groups -OCH3 is 1. The van der Waals surface area contributed by atoms with Gasteiger partial charge in [-0.2, -0.15) is 0 Å². The Morgan fingerprint density at radius 3 is 2.77 bits per heavy atom. The molecule has 0 atom stereocenters. The van der Waals surface area contributed by atoms with Crippen molar-refractivity contribution in [2.75, 3.05) is 12.4 Å². The van der Waals surface area contributed by atoms with Crippen molar-refractivity contribution in [1.82, 2.24) is 10.2 Å². The molecule has 0 unspecified atom stereocenters. The van der Waals surface area contributed by atoms with Gasteiger partial charge in [0.25, 0.3) is 0 Å². The molecule has 0 aliphatic heterocycles. The second-order valence-electron chi connectivity index (χ2n) is 5.25. The Balaban J connectivity index is 1.64. The summed E-state index contributed by atoms with van der Waals surface area (Å²) >= 11 is 1.26. The van der Waals surface area contributed by atoms with E-state index in [4.69, 9.17) is 9.47 Å². The van der Waals surface area contributed by atoms with Gasteiger partial charge in [0, 0.05) is 6.08 Å². The zero-order valence-electron chi connectivity index (χ0n) is 14.1. The number of anilines is 1. The first kappa shape index (κ1) is 17.6. The number of rotatable bonds is 7. The summed E-state index contributed by atoms with van der Waals surface area (Å²) in [4.78, 5) is 11.8. The fraction of sp³-hybridized carbons (Fsp3) is 0.105. The van der Waals surface area contributed by atoms with Crippen molar-refractivity contribution in [2.24, 2.45) is 0 Å². The summed E-state index contributed by atoms with van der Waals surface area (Å²) in [5.41, 5.74) is 3.45. The first-order valence-corrected chi connectivity index (χ1v) is 8.72. The molecule has 2 aromatic carbocycles. The summed E-state index contributed by atoms with van der Waals surface area (Å²) in [6, 6.07) is 15.4. The molecule has 0 aliphatic carbocycles. The summed E-state index contributed by atoms with van der Waals surface area (Å²) in [6.07, 6.45) is 3.13. The van der Waals surface area contributed by atoms with Crippen LogP contribution in [0.25, 0.3) is 6.08 Å². The Morgan fingerprint density at radius 2 is 2.04 bits per heavy atom. The van der Waals surface area contributed by atoms with Gasteiger partial charge in [-0.15, -0.1) is 10.2 Å². The molecule has 0 spiro atoms. The van der Waals surface area contributed by atoms with Crippen LogP contribution in [0.2, 0.25) is 0 Å². The Kier molecular flexibility index (Phi) is 5.95. The molecule has 0 radical (unpaired) electrons. The van der Waals surface area contributed by atoms with E-state index in [1.807, 2.05) is 48.5 Å². The van der Waals surface area contributed by atoms with Crippen molar-refractivity contribution in [1.29, 1.82) is 0 Å². The summed E-state index contributed by atoms with van der Waals surface area (Å²) in [7, 11) is 1.58. The van der Waals surface area contributed by atoms with E-state index >= 15 is 0 Å². The second kappa shape index (κ2) is 8.77. The third kappa shape index (κ3) is 4.90. The lowest BCUT2D eigenvalue weighted by molar-refractivity contribution is -0.111. The van der Waals surface area contributed by atoms with Gasteiger partial charge in [-0.3, -0.25) is 10.1 Å². The normalized spacial score (nSPS) is 10.7. The Labute approximate surface area is 155 Å². The van der Waals surface area contributed by atoms with Crippen LogP contribution in [0.15, 0.2) is 60.1 Å². The van der Waals surface area contributed by atoms with Crippen molar-refractivity contribution in [3.05, 3.63) is 71.2 Å². The average molecular weight is 367 g/mol. The van der Waals surface area contributed by atoms with Crippen LogP contribution >= 0.6 is 11.3 Å². The van der Waals surface area contributed by atoms with Crippen LogP contribution in [0.3, 0.4) is 0 Å².